The first-order valence-electron chi connectivity index (χ1n) is 42.9. The number of aromatic hydroxyl groups is 3. The molecule has 632 valence electrons. The molecule has 3 amide bonds. The van der Waals surface area contributed by atoms with Gasteiger partial charge in [0.05, 0.1) is 61.7 Å². The van der Waals surface area contributed by atoms with Gasteiger partial charge in [0.25, 0.3) is 0 Å². The molecular weight excluding hydrogens is 1520 g/mol. The van der Waals surface area contributed by atoms with E-state index >= 15 is 0 Å². The van der Waals surface area contributed by atoms with Gasteiger partial charge >= 0.3 is 18.0 Å². The van der Waals surface area contributed by atoms with Crippen molar-refractivity contribution >= 4 is 84.6 Å². The molecule has 0 spiro atoms. The SMILES string of the molecule is C=CC(=O)N1CCN(c2nc(OCCC)nc3c2CCN(c2cc(O)cc4ccccc24)C3)C(CCO)C1.C=CC(=O)N1CCN(c2nc(OCCCN3CCCCC3)nc3c2CCN(c2c(C)c(O)cc4ccccc24)C3)CC1.C=CC(=O)N1CCN(c2nc(OC[C@H]3CCC(C)(C)N3)nc3c2CCN(c2cc(O)cc4ccccc24)C3)CC1. The number of nitrogens with zero attached hydrogens (tertiary/aromatic N) is 16. The van der Waals surface area contributed by atoms with E-state index in [2.05, 4.69) is 91.4 Å². The molecule has 6 aromatic carbocycles. The second-order valence-corrected chi connectivity index (χ2v) is 33.2. The highest BCUT2D eigenvalue weighted by Gasteiger charge is 2.37. The Morgan fingerprint density at radius 1 is 0.525 bits per heavy atom. The lowest BCUT2D eigenvalue weighted by molar-refractivity contribution is -0.127. The van der Waals surface area contributed by atoms with E-state index in [1.165, 1.54) is 50.6 Å². The number of phenols is 3. The molecule has 8 aliphatic rings. The van der Waals surface area contributed by atoms with Gasteiger partial charge in [-0.25, -0.2) is 0 Å². The zero-order valence-electron chi connectivity index (χ0n) is 70.0. The smallest absolute Gasteiger partial charge is 0.318 e. The van der Waals surface area contributed by atoms with Gasteiger partial charge in [-0.3, -0.25) is 14.4 Å². The first kappa shape index (κ1) is 83.5. The van der Waals surface area contributed by atoms with Crippen LogP contribution in [-0.4, -0.2) is 243 Å². The number of nitrogens with one attached hydrogen (secondary N) is 1. The predicted octanol–water partition coefficient (Wildman–Crippen LogP) is 11.2. The summed E-state index contributed by atoms with van der Waals surface area (Å²) in [7, 11) is 0. The Labute approximate surface area is 703 Å². The highest BCUT2D eigenvalue weighted by atomic mass is 16.5. The van der Waals surface area contributed by atoms with Gasteiger partial charge in [-0.05, 0) is 151 Å². The Kier molecular flexibility index (Phi) is 26.3. The lowest BCUT2D eigenvalue weighted by atomic mass is 9.99. The molecule has 11 heterocycles. The highest BCUT2D eigenvalue weighted by Crippen LogP contribution is 2.43. The Hall–Kier alpha value is -11.6. The van der Waals surface area contributed by atoms with Gasteiger partial charge in [0.1, 0.15) is 41.3 Å². The van der Waals surface area contributed by atoms with Crippen molar-refractivity contribution in [2.75, 3.05) is 167 Å². The van der Waals surface area contributed by atoms with Crippen molar-refractivity contribution in [1.29, 1.82) is 0 Å². The van der Waals surface area contributed by atoms with Gasteiger partial charge in [0.2, 0.25) is 17.7 Å². The average molecular weight is 1630 g/mol. The molecule has 0 aliphatic carbocycles. The van der Waals surface area contributed by atoms with Crippen molar-refractivity contribution in [3.8, 4) is 35.3 Å². The molecule has 5 fully saturated rings. The van der Waals surface area contributed by atoms with E-state index in [1.807, 2.05) is 96.4 Å². The van der Waals surface area contributed by atoms with Gasteiger partial charge in [-0.15, -0.1) is 0 Å². The van der Waals surface area contributed by atoms with Crippen LogP contribution in [0.25, 0.3) is 32.3 Å². The van der Waals surface area contributed by atoms with Crippen molar-refractivity contribution in [2.24, 2.45) is 0 Å². The second-order valence-electron chi connectivity index (χ2n) is 33.2. The number of aliphatic hydroxyl groups excluding tert-OH is 1. The summed E-state index contributed by atoms with van der Waals surface area (Å²) in [5.74, 6) is 3.30. The van der Waals surface area contributed by atoms with Gasteiger partial charge in [-0.2, -0.15) is 29.9 Å². The minimum absolute atomic E-state index is 0.0160. The number of piperazine rings is 3. The molecule has 8 aliphatic heterocycles. The van der Waals surface area contributed by atoms with Crippen LogP contribution in [0.1, 0.15) is 111 Å². The summed E-state index contributed by atoms with van der Waals surface area (Å²) >= 11 is 0. The number of piperidine rings is 1. The van der Waals surface area contributed by atoms with E-state index in [0.717, 1.165) is 177 Å². The fourth-order valence-electron chi connectivity index (χ4n) is 18.4. The Balaban J connectivity index is 0.000000140. The van der Waals surface area contributed by atoms with Crippen LogP contribution in [0.5, 0.6) is 35.3 Å². The summed E-state index contributed by atoms with van der Waals surface area (Å²) < 4.78 is 18.4. The van der Waals surface area contributed by atoms with Crippen LogP contribution in [0.4, 0.5) is 34.5 Å². The number of carbonyl (C=O) groups is 3. The highest BCUT2D eigenvalue weighted by molar-refractivity contribution is 5.99. The van der Waals surface area contributed by atoms with Crippen molar-refractivity contribution in [3.63, 3.8) is 0 Å². The summed E-state index contributed by atoms with van der Waals surface area (Å²) in [6.45, 7) is 35.5. The zero-order valence-corrected chi connectivity index (χ0v) is 70.0. The summed E-state index contributed by atoms with van der Waals surface area (Å²) in [6.07, 6.45) is 14.8. The molecule has 5 N–H and O–H groups in total. The third kappa shape index (κ3) is 19.0. The largest absolute Gasteiger partial charge is 0.508 e. The average Bonchev–Trinajstić information content (AvgIpc) is 0.811. The number of amides is 3. The van der Waals surface area contributed by atoms with Crippen LogP contribution < -0.4 is 48.9 Å². The maximum absolute atomic E-state index is 12.3. The Morgan fingerprint density at radius 2 is 0.992 bits per heavy atom. The molecule has 17 rings (SSSR count). The predicted molar refractivity (Wildman–Crippen MR) is 471 cm³/mol. The number of fused-ring (bicyclic) bond motifs is 6. The number of anilines is 6. The number of benzene rings is 6. The molecule has 0 bridgehead atoms. The van der Waals surface area contributed by atoms with Gasteiger partial charge in [0.15, 0.2) is 0 Å². The lowest BCUT2D eigenvalue weighted by Gasteiger charge is -2.43. The van der Waals surface area contributed by atoms with E-state index in [0.29, 0.717) is 142 Å². The molecule has 2 atom stereocenters. The number of phenolic OH excluding ortho intramolecular Hbond substituents is 3. The summed E-state index contributed by atoms with van der Waals surface area (Å²) in [6, 6.07) is 34.9. The van der Waals surface area contributed by atoms with Crippen LogP contribution >= 0.6 is 0 Å². The van der Waals surface area contributed by atoms with Crippen LogP contribution in [0, 0.1) is 6.92 Å². The quantitative estimate of drug-likeness (QED) is 0.0311. The number of hydrogen-bond acceptors (Lipinski definition) is 24. The summed E-state index contributed by atoms with van der Waals surface area (Å²) in [5, 5.41) is 51.4. The summed E-state index contributed by atoms with van der Waals surface area (Å²) in [4.78, 5) is 87.7. The number of rotatable bonds is 22. The minimum atomic E-state index is -0.0988. The minimum Gasteiger partial charge on any atom is -0.508 e. The van der Waals surface area contributed by atoms with Crippen LogP contribution in [-0.2, 0) is 53.3 Å². The van der Waals surface area contributed by atoms with E-state index in [9.17, 15) is 34.8 Å². The van der Waals surface area contributed by atoms with Crippen molar-refractivity contribution in [1.82, 2.24) is 54.8 Å². The maximum Gasteiger partial charge on any atom is 0.318 e. The van der Waals surface area contributed by atoms with Crippen molar-refractivity contribution in [2.45, 2.75) is 136 Å². The molecule has 1 unspecified atom stereocenters. The van der Waals surface area contributed by atoms with Gasteiger partial charge < -0.3 is 89.0 Å². The molecule has 0 radical (unpaired) electrons. The van der Waals surface area contributed by atoms with Crippen LogP contribution in [0.15, 0.2) is 141 Å². The Morgan fingerprint density at radius 3 is 1.51 bits per heavy atom. The molecule has 27 nitrogen and oxygen atoms in total. The first-order valence-corrected chi connectivity index (χ1v) is 42.9. The van der Waals surface area contributed by atoms with Crippen molar-refractivity contribution < 1.29 is 49.0 Å². The number of hydrogen-bond donors (Lipinski definition) is 5. The third-order valence-corrected chi connectivity index (χ3v) is 24.7. The monoisotopic (exact) mass is 1630 g/mol. The van der Waals surface area contributed by atoms with Crippen LogP contribution in [0.2, 0.25) is 0 Å². The molecule has 5 saturated heterocycles. The van der Waals surface area contributed by atoms with E-state index < -0.39 is 0 Å². The van der Waals surface area contributed by atoms with Gasteiger partial charge in [0, 0.05) is 178 Å². The number of ether oxygens (including phenoxy) is 3. The molecule has 3 aromatic heterocycles. The molecule has 0 saturated carbocycles. The number of aliphatic hydroxyl groups is 1. The first-order chi connectivity index (χ1) is 58.3. The van der Waals surface area contributed by atoms with E-state index in [4.69, 9.17) is 44.1 Å². The zero-order chi connectivity index (χ0) is 83.6. The summed E-state index contributed by atoms with van der Waals surface area (Å²) in [5.41, 5.74) is 10.2. The third-order valence-electron chi connectivity index (χ3n) is 24.7. The maximum atomic E-state index is 12.3. The lowest BCUT2D eigenvalue weighted by Crippen LogP contribution is -2.55. The number of carbonyl (C=O) groups excluding carboxylic acids is 3. The molecule has 9 aromatic rings. The topological polar surface area (TPSA) is 282 Å². The number of likely N-dealkylation sites (tertiary alicyclic amines) is 1. The Bertz CT molecular complexity index is 5220. The van der Waals surface area contributed by atoms with Crippen molar-refractivity contribution in [3.05, 3.63) is 180 Å². The fourth-order valence-corrected chi connectivity index (χ4v) is 18.4. The van der Waals surface area contributed by atoms with Gasteiger partial charge in [-0.1, -0.05) is 106 Å². The molecule has 27 heteroatoms. The normalized spacial score (nSPS) is 18.6. The number of aromatic nitrogens is 6. The molecular formula is C93H115N17O10. The molecule has 120 heavy (non-hydrogen) atoms. The standard InChI is InChI=1S/C33H42N6O3.C31H38N6O3.C29H35N5O4/c1-3-30(41)37-17-19-38(20-18-37)32-27-12-16-39(31-24(2)29(40)22-25-10-5-6-11-26(25)31)23-28(27)34-33(35-32)42-21-9-15-36-13-7-4-8-14-36;1-4-28(39)35-13-15-36(16-14-35)29-25-10-12-37(27-18-23(38)17-21-7-5-6-8-24(21)27)19-26(25)32-30(33-29)40-20-22-9-11-31(2,3)34-22;1-3-15-38-29-30-25-19-32(26-17-22(36)16-20-7-5-6-8-23(20)26)11-9-24(25)28(31-29)34-13-12-33(27(37)4-2)18-21(34)10-14-35/h3,5-6,10-11,22,40H,1,4,7-9,12-21,23H2,2H3;4-8,17-18,22,34,38H,1,9-16,19-20H2,2-3H3;4-8,16-17,21,35-36H,2-3,9-15,18-19H2,1H3/t;22-;/m.1./s1. The van der Waals surface area contributed by atoms with E-state index in [1.54, 1.807) is 17.0 Å². The van der Waals surface area contributed by atoms with Crippen LogP contribution in [0.3, 0.4) is 0 Å². The van der Waals surface area contributed by atoms with E-state index in [-0.39, 0.29) is 53.5 Å². The fraction of sp³-hybridized carbons (Fsp3) is 0.452. The second kappa shape index (κ2) is 37.8.